The van der Waals surface area contributed by atoms with E-state index in [2.05, 4.69) is 0 Å². The number of piperidine rings is 1. The van der Waals surface area contributed by atoms with Crippen molar-refractivity contribution in [3.05, 3.63) is 34.9 Å². The summed E-state index contributed by atoms with van der Waals surface area (Å²) in [5, 5.41) is 0.602. The summed E-state index contributed by atoms with van der Waals surface area (Å²) < 4.78 is 4.92. The molecule has 1 fully saturated rings. The van der Waals surface area contributed by atoms with Crippen molar-refractivity contribution in [1.82, 2.24) is 4.90 Å². The minimum absolute atomic E-state index is 0.0332. The van der Waals surface area contributed by atoms with Gasteiger partial charge in [-0.1, -0.05) is 11.6 Å². The van der Waals surface area contributed by atoms with Crippen LogP contribution in [0.25, 0.3) is 0 Å². The van der Waals surface area contributed by atoms with Crippen LogP contribution in [0.3, 0.4) is 0 Å². The van der Waals surface area contributed by atoms with Crippen molar-refractivity contribution < 1.29 is 14.3 Å². The summed E-state index contributed by atoms with van der Waals surface area (Å²) in [6.07, 6.45) is 0.277. The number of amides is 2. The fourth-order valence-corrected chi connectivity index (χ4v) is 2.24. The van der Waals surface area contributed by atoms with Crippen LogP contribution in [0.4, 0.5) is 4.79 Å². The second-order valence-electron chi connectivity index (χ2n) is 4.44. The monoisotopic (exact) mass is 282 g/mol. The number of hydrogen-bond acceptors (Lipinski definition) is 3. The fourth-order valence-electron chi connectivity index (χ4n) is 2.12. The Kier molecular flexibility index (Phi) is 4.27. The largest absolute Gasteiger partial charge is 0.446 e. The Bertz CT molecular complexity index is 467. The molecule has 0 saturated carbocycles. The van der Waals surface area contributed by atoms with Crippen molar-refractivity contribution in [2.45, 2.75) is 18.9 Å². The number of benzene rings is 1. The first kappa shape index (κ1) is 13.7. The maximum Gasteiger partial charge on any atom is 0.404 e. The third kappa shape index (κ3) is 3.61. The normalized spacial score (nSPS) is 16.2. The Morgan fingerprint density at radius 1 is 1.21 bits per heavy atom. The molecule has 0 radical (unpaired) electrons. The number of ether oxygens (including phenoxy) is 1. The molecule has 19 heavy (non-hydrogen) atoms. The first-order valence-corrected chi connectivity index (χ1v) is 6.45. The van der Waals surface area contributed by atoms with Gasteiger partial charge in [-0.2, -0.15) is 0 Å². The lowest BCUT2D eigenvalue weighted by atomic mass is 10.1. The topological polar surface area (TPSA) is 72.6 Å². The van der Waals surface area contributed by atoms with Crippen LogP contribution in [-0.2, 0) is 4.74 Å². The van der Waals surface area contributed by atoms with Crippen molar-refractivity contribution in [3.63, 3.8) is 0 Å². The molecule has 1 heterocycles. The van der Waals surface area contributed by atoms with E-state index in [0.29, 0.717) is 36.5 Å². The van der Waals surface area contributed by atoms with E-state index < -0.39 is 6.09 Å². The third-order valence-electron chi connectivity index (χ3n) is 3.10. The minimum atomic E-state index is -0.762. The molecule has 1 aliphatic heterocycles. The van der Waals surface area contributed by atoms with Gasteiger partial charge in [0.05, 0.1) is 0 Å². The number of nitrogens with two attached hydrogens (primary N) is 1. The number of rotatable bonds is 2. The van der Waals surface area contributed by atoms with Crippen LogP contribution in [-0.4, -0.2) is 36.1 Å². The van der Waals surface area contributed by atoms with Crippen LogP contribution in [0, 0.1) is 0 Å². The van der Waals surface area contributed by atoms with Gasteiger partial charge < -0.3 is 15.4 Å². The van der Waals surface area contributed by atoms with Crippen molar-refractivity contribution in [2.75, 3.05) is 13.1 Å². The molecule has 102 valence electrons. The maximum atomic E-state index is 12.2. The number of primary amides is 1. The highest BCUT2D eigenvalue weighted by molar-refractivity contribution is 6.30. The molecule has 0 unspecified atom stereocenters. The van der Waals surface area contributed by atoms with Crippen LogP contribution < -0.4 is 5.73 Å². The molecule has 1 aromatic rings. The van der Waals surface area contributed by atoms with Crippen LogP contribution in [0.15, 0.2) is 24.3 Å². The van der Waals surface area contributed by atoms with Gasteiger partial charge in [0.15, 0.2) is 0 Å². The molecule has 2 amide bonds. The quantitative estimate of drug-likeness (QED) is 0.902. The van der Waals surface area contributed by atoms with Gasteiger partial charge in [-0.25, -0.2) is 4.79 Å². The lowest BCUT2D eigenvalue weighted by molar-refractivity contribution is 0.0455. The van der Waals surface area contributed by atoms with Gasteiger partial charge in [-0.3, -0.25) is 4.79 Å². The average Bonchev–Trinajstić information content (AvgIpc) is 2.39. The molecule has 0 aliphatic carbocycles. The highest BCUT2D eigenvalue weighted by Crippen LogP contribution is 2.17. The van der Waals surface area contributed by atoms with E-state index >= 15 is 0 Å². The molecule has 1 aromatic carbocycles. The van der Waals surface area contributed by atoms with Gasteiger partial charge in [0.2, 0.25) is 0 Å². The zero-order valence-corrected chi connectivity index (χ0v) is 11.1. The Hall–Kier alpha value is -1.75. The van der Waals surface area contributed by atoms with E-state index in [4.69, 9.17) is 22.1 Å². The number of carbonyl (C=O) groups excluding carboxylic acids is 2. The Morgan fingerprint density at radius 2 is 1.79 bits per heavy atom. The van der Waals surface area contributed by atoms with E-state index in [-0.39, 0.29) is 12.0 Å². The van der Waals surface area contributed by atoms with Crippen LogP contribution >= 0.6 is 11.6 Å². The van der Waals surface area contributed by atoms with Crippen LogP contribution in [0.5, 0.6) is 0 Å². The number of carbonyl (C=O) groups is 2. The highest BCUT2D eigenvalue weighted by Gasteiger charge is 2.25. The molecule has 0 spiro atoms. The summed E-state index contributed by atoms with van der Waals surface area (Å²) in [5.41, 5.74) is 5.58. The first-order chi connectivity index (χ1) is 9.06. The Labute approximate surface area is 116 Å². The number of nitrogens with zero attached hydrogens (tertiary/aromatic N) is 1. The second-order valence-corrected chi connectivity index (χ2v) is 4.87. The SMILES string of the molecule is NC(=O)OC1CCN(C(=O)c2ccc(Cl)cc2)CC1. The van der Waals surface area contributed by atoms with Gasteiger partial charge in [0, 0.05) is 36.5 Å². The smallest absolute Gasteiger partial charge is 0.404 e. The van der Waals surface area contributed by atoms with E-state index in [0.717, 1.165) is 0 Å². The standard InChI is InChI=1S/C13H15ClN2O3/c14-10-3-1-9(2-4-10)12(17)16-7-5-11(6-8-16)19-13(15)18/h1-4,11H,5-8H2,(H2,15,18). The maximum absolute atomic E-state index is 12.2. The summed E-state index contributed by atoms with van der Waals surface area (Å²) in [5.74, 6) is -0.0332. The molecule has 2 rings (SSSR count). The second kappa shape index (κ2) is 5.93. The Morgan fingerprint density at radius 3 is 2.32 bits per heavy atom. The van der Waals surface area contributed by atoms with Crippen LogP contribution in [0.1, 0.15) is 23.2 Å². The molecule has 0 bridgehead atoms. The molecule has 6 heteroatoms. The van der Waals surface area contributed by atoms with E-state index in [1.807, 2.05) is 0 Å². The van der Waals surface area contributed by atoms with Crippen LogP contribution in [0.2, 0.25) is 5.02 Å². The van der Waals surface area contributed by atoms with Gasteiger partial charge >= 0.3 is 6.09 Å². The van der Waals surface area contributed by atoms with Crippen molar-refractivity contribution in [3.8, 4) is 0 Å². The predicted octanol–water partition coefficient (Wildman–Crippen LogP) is 2.04. The molecular formula is C13H15ClN2O3. The fraction of sp³-hybridized carbons (Fsp3) is 0.385. The van der Waals surface area contributed by atoms with Crippen molar-refractivity contribution in [2.24, 2.45) is 5.73 Å². The summed E-state index contributed by atoms with van der Waals surface area (Å²) in [6.45, 7) is 1.11. The number of halogens is 1. The van der Waals surface area contributed by atoms with Gasteiger partial charge in [0.1, 0.15) is 6.10 Å². The summed E-state index contributed by atoms with van der Waals surface area (Å²) in [7, 11) is 0. The highest BCUT2D eigenvalue weighted by atomic mass is 35.5. The summed E-state index contributed by atoms with van der Waals surface area (Å²) in [6, 6.07) is 6.79. The van der Waals surface area contributed by atoms with E-state index in [9.17, 15) is 9.59 Å². The molecule has 5 nitrogen and oxygen atoms in total. The molecule has 0 aromatic heterocycles. The Balaban J connectivity index is 1.92. The van der Waals surface area contributed by atoms with E-state index in [1.54, 1.807) is 29.2 Å². The molecule has 2 N–H and O–H groups in total. The van der Waals surface area contributed by atoms with Gasteiger partial charge in [0.25, 0.3) is 5.91 Å². The van der Waals surface area contributed by atoms with Gasteiger partial charge in [-0.15, -0.1) is 0 Å². The van der Waals surface area contributed by atoms with Gasteiger partial charge in [-0.05, 0) is 24.3 Å². The summed E-state index contributed by atoms with van der Waals surface area (Å²) >= 11 is 5.78. The molecule has 0 atom stereocenters. The molecular weight excluding hydrogens is 268 g/mol. The third-order valence-corrected chi connectivity index (χ3v) is 3.36. The zero-order valence-electron chi connectivity index (χ0n) is 10.3. The lowest BCUT2D eigenvalue weighted by Gasteiger charge is -2.31. The summed E-state index contributed by atoms with van der Waals surface area (Å²) in [4.78, 5) is 24.6. The van der Waals surface area contributed by atoms with Crippen molar-refractivity contribution in [1.29, 1.82) is 0 Å². The molecule has 1 saturated heterocycles. The predicted molar refractivity (Wildman–Crippen MR) is 71.0 cm³/mol. The lowest BCUT2D eigenvalue weighted by Crippen LogP contribution is -2.41. The minimum Gasteiger partial charge on any atom is -0.446 e. The average molecular weight is 283 g/mol. The molecule has 1 aliphatic rings. The van der Waals surface area contributed by atoms with E-state index in [1.165, 1.54) is 0 Å². The number of hydrogen-bond donors (Lipinski definition) is 1. The zero-order chi connectivity index (χ0) is 13.8. The first-order valence-electron chi connectivity index (χ1n) is 6.07. The van der Waals surface area contributed by atoms with Crippen molar-refractivity contribution >= 4 is 23.6 Å². The number of likely N-dealkylation sites (tertiary alicyclic amines) is 1.